The van der Waals surface area contributed by atoms with E-state index in [0.29, 0.717) is 5.75 Å². The molecule has 11 heteroatoms. The number of carbonyl (C=O) groups is 2. The van der Waals surface area contributed by atoms with E-state index in [2.05, 4.69) is 15.1 Å². The Kier molecular flexibility index (Phi) is 4.80. The van der Waals surface area contributed by atoms with Crippen molar-refractivity contribution in [1.82, 2.24) is 5.01 Å². The van der Waals surface area contributed by atoms with E-state index >= 15 is 0 Å². The van der Waals surface area contributed by atoms with Gasteiger partial charge in [-0.3, -0.25) is 14.6 Å². The molecule has 0 saturated carbocycles. The number of hydrogen-bond donors (Lipinski definition) is 0. The zero-order chi connectivity index (χ0) is 21.5. The Morgan fingerprint density at radius 3 is 2.20 bits per heavy atom. The summed E-state index contributed by atoms with van der Waals surface area (Å²) in [5.41, 5.74) is 0.969. The fourth-order valence-electron chi connectivity index (χ4n) is 3.32. The molecule has 0 radical (unpaired) electrons. The van der Waals surface area contributed by atoms with Gasteiger partial charge in [-0.2, -0.15) is 5.11 Å². The van der Waals surface area contributed by atoms with Crippen LogP contribution in [0.2, 0.25) is 0 Å². The minimum absolute atomic E-state index is 0.133. The lowest BCUT2D eigenvalue weighted by atomic mass is 10.1. The van der Waals surface area contributed by atoms with Gasteiger partial charge in [0.25, 0.3) is 11.8 Å². The normalized spacial score (nSPS) is 20.7. The number of ether oxygens (including phenoxy) is 2. The number of nitrogens with zero attached hydrogens (tertiary/aromatic N) is 4. The number of alkyl halides is 3. The first-order valence-electron chi connectivity index (χ1n) is 8.81. The number of imide groups is 1. The topological polar surface area (TPSA) is 83.8 Å². The zero-order valence-electron chi connectivity index (χ0n) is 15.5. The molecule has 0 spiro atoms. The van der Waals surface area contributed by atoms with Crippen LogP contribution in [0.1, 0.15) is 5.56 Å². The van der Waals surface area contributed by atoms with Gasteiger partial charge in [0.2, 0.25) is 0 Å². The number of anilines is 1. The van der Waals surface area contributed by atoms with E-state index in [9.17, 15) is 22.8 Å². The zero-order valence-corrected chi connectivity index (χ0v) is 15.5. The van der Waals surface area contributed by atoms with E-state index in [-0.39, 0.29) is 12.2 Å². The smallest absolute Gasteiger partial charge is 0.497 e. The molecule has 156 valence electrons. The Hall–Kier alpha value is -3.63. The van der Waals surface area contributed by atoms with Gasteiger partial charge < -0.3 is 9.47 Å². The van der Waals surface area contributed by atoms with Crippen molar-refractivity contribution in [3.8, 4) is 11.5 Å². The van der Waals surface area contributed by atoms with E-state index in [1.165, 1.54) is 17.1 Å². The van der Waals surface area contributed by atoms with E-state index in [0.717, 1.165) is 22.6 Å². The fourth-order valence-corrected chi connectivity index (χ4v) is 3.32. The van der Waals surface area contributed by atoms with Crippen LogP contribution in [0.4, 0.5) is 18.9 Å². The Labute approximate surface area is 168 Å². The molecule has 0 aromatic heterocycles. The van der Waals surface area contributed by atoms with Gasteiger partial charge in [-0.05, 0) is 42.0 Å². The summed E-state index contributed by atoms with van der Waals surface area (Å²) in [6.45, 7) is 0.250. The van der Waals surface area contributed by atoms with Gasteiger partial charge in [-0.1, -0.05) is 17.4 Å². The third kappa shape index (κ3) is 3.65. The second-order valence-corrected chi connectivity index (χ2v) is 6.59. The van der Waals surface area contributed by atoms with Crippen molar-refractivity contribution in [2.75, 3.05) is 12.0 Å². The summed E-state index contributed by atoms with van der Waals surface area (Å²) in [6, 6.07) is 9.72. The second kappa shape index (κ2) is 7.32. The third-order valence-corrected chi connectivity index (χ3v) is 4.69. The lowest BCUT2D eigenvalue weighted by Gasteiger charge is -2.21. The van der Waals surface area contributed by atoms with Gasteiger partial charge in [0.1, 0.15) is 11.5 Å². The SMILES string of the molecule is COc1ccc(CN2N=NC3C(=O)N(c4ccc(OC(F)(F)F)cc4)C(=O)C32)cc1. The number of fused-ring (bicyclic) bond motifs is 1. The number of carbonyl (C=O) groups excluding carboxylic acids is 2. The third-order valence-electron chi connectivity index (χ3n) is 4.69. The van der Waals surface area contributed by atoms with E-state index in [1.807, 2.05) is 0 Å². The highest BCUT2D eigenvalue weighted by atomic mass is 19.4. The Morgan fingerprint density at radius 2 is 1.60 bits per heavy atom. The first-order chi connectivity index (χ1) is 14.3. The molecular formula is C19H15F3N4O4. The average Bonchev–Trinajstić information content (AvgIpc) is 3.22. The summed E-state index contributed by atoms with van der Waals surface area (Å²) in [6.07, 6.45) is -4.83. The van der Waals surface area contributed by atoms with Crippen molar-refractivity contribution in [2.24, 2.45) is 10.3 Å². The summed E-state index contributed by atoms with van der Waals surface area (Å²) in [4.78, 5) is 26.5. The van der Waals surface area contributed by atoms with Crippen molar-refractivity contribution in [1.29, 1.82) is 0 Å². The summed E-state index contributed by atoms with van der Waals surface area (Å²) < 4.78 is 45.8. The van der Waals surface area contributed by atoms with Gasteiger partial charge in [0.15, 0.2) is 12.1 Å². The average molecular weight is 420 g/mol. The summed E-state index contributed by atoms with van der Waals surface area (Å²) in [5.74, 6) is -0.911. The highest BCUT2D eigenvalue weighted by Crippen LogP contribution is 2.34. The van der Waals surface area contributed by atoms with Crippen molar-refractivity contribution in [3.05, 3.63) is 54.1 Å². The Bertz CT molecular complexity index is 992. The van der Waals surface area contributed by atoms with Crippen molar-refractivity contribution in [2.45, 2.75) is 25.0 Å². The maximum absolute atomic E-state index is 12.9. The van der Waals surface area contributed by atoms with Crippen molar-refractivity contribution < 1.29 is 32.2 Å². The van der Waals surface area contributed by atoms with Gasteiger partial charge >= 0.3 is 6.36 Å². The van der Waals surface area contributed by atoms with Crippen LogP contribution >= 0.6 is 0 Å². The number of methoxy groups -OCH3 is 1. The standard InChI is InChI=1S/C19H15F3N4O4/c1-29-13-6-2-11(3-7-13)10-25-16-15(23-24-25)17(27)26(18(16)28)12-4-8-14(9-5-12)30-19(20,21)22/h2-9,15-16H,10H2,1H3. The summed E-state index contributed by atoms with van der Waals surface area (Å²) in [5, 5.41) is 9.30. The molecule has 30 heavy (non-hydrogen) atoms. The molecule has 2 aliphatic heterocycles. The summed E-state index contributed by atoms with van der Waals surface area (Å²) in [7, 11) is 1.55. The molecule has 1 saturated heterocycles. The van der Waals surface area contributed by atoms with Crippen LogP contribution in [0.3, 0.4) is 0 Å². The molecule has 0 N–H and O–H groups in total. The van der Waals surface area contributed by atoms with Crippen LogP contribution < -0.4 is 14.4 Å². The van der Waals surface area contributed by atoms with E-state index in [1.54, 1.807) is 31.4 Å². The maximum atomic E-state index is 12.9. The van der Waals surface area contributed by atoms with Crippen LogP contribution in [0.15, 0.2) is 58.9 Å². The molecule has 2 heterocycles. The number of amides is 2. The number of benzene rings is 2. The van der Waals surface area contributed by atoms with Crippen LogP contribution in [0.5, 0.6) is 11.5 Å². The molecule has 2 atom stereocenters. The molecule has 8 nitrogen and oxygen atoms in total. The highest BCUT2D eigenvalue weighted by molar-refractivity contribution is 6.25. The Balaban J connectivity index is 1.51. The molecule has 2 aromatic rings. The second-order valence-electron chi connectivity index (χ2n) is 6.59. The lowest BCUT2D eigenvalue weighted by Crippen LogP contribution is -2.39. The van der Waals surface area contributed by atoms with Crippen molar-refractivity contribution >= 4 is 17.5 Å². The van der Waals surface area contributed by atoms with Gasteiger partial charge in [0.05, 0.1) is 19.3 Å². The Morgan fingerprint density at radius 1 is 0.967 bits per heavy atom. The van der Waals surface area contributed by atoms with Crippen LogP contribution in [0.25, 0.3) is 0 Å². The summed E-state index contributed by atoms with van der Waals surface area (Å²) >= 11 is 0. The predicted octanol–water partition coefficient (Wildman–Crippen LogP) is 3.09. The fraction of sp³-hybridized carbons (Fsp3) is 0.263. The largest absolute Gasteiger partial charge is 0.573 e. The minimum atomic E-state index is -4.83. The van der Waals surface area contributed by atoms with E-state index < -0.39 is 36.0 Å². The number of rotatable bonds is 5. The van der Waals surface area contributed by atoms with E-state index in [4.69, 9.17) is 4.74 Å². The highest BCUT2D eigenvalue weighted by Gasteiger charge is 2.54. The molecule has 2 aromatic carbocycles. The molecule has 2 aliphatic rings. The van der Waals surface area contributed by atoms with Crippen LogP contribution in [-0.2, 0) is 16.1 Å². The van der Waals surface area contributed by atoms with Crippen LogP contribution in [0, 0.1) is 0 Å². The quantitative estimate of drug-likeness (QED) is 0.695. The molecule has 1 fully saturated rings. The number of hydrogen-bond acceptors (Lipinski definition) is 7. The minimum Gasteiger partial charge on any atom is -0.497 e. The molecule has 2 amide bonds. The molecule has 0 bridgehead atoms. The van der Waals surface area contributed by atoms with Gasteiger partial charge in [0, 0.05) is 0 Å². The van der Waals surface area contributed by atoms with Gasteiger partial charge in [-0.25, -0.2) is 4.90 Å². The first-order valence-corrected chi connectivity index (χ1v) is 8.81. The monoisotopic (exact) mass is 420 g/mol. The van der Waals surface area contributed by atoms with Gasteiger partial charge in [-0.15, -0.1) is 13.2 Å². The lowest BCUT2D eigenvalue weighted by molar-refractivity contribution is -0.274. The van der Waals surface area contributed by atoms with Crippen molar-refractivity contribution in [3.63, 3.8) is 0 Å². The molecular weight excluding hydrogens is 405 g/mol. The predicted molar refractivity (Wildman–Crippen MR) is 96.6 cm³/mol. The van der Waals surface area contributed by atoms with Crippen LogP contribution in [-0.4, -0.2) is 42.4 Å². The maximum Gasteiger partial charge on any atom is 0.573 e. The molecule has 4 rings (SSSR count). The number of halogens is 3. The molecule has 0 aliphatic carbocycles. The molecule has 2 unspecified atom stereocenters. The first kappa shape index (κ1) is 19.7.